The summed E-state index contributed by atoms with van der Waals surface area (Å²) in [7, 11) is 0. The van der Waals surface area contributed by atoms with Gasteiger partial charge < -0.3 is 8.83 Å². The van der Waals surface area contributed by atoms with E-state index in [0.29, 0.717) is 27.5 Å². The first-order chi connectivity index (χ1) is 26.1. The maximum Gasteiger partial charge on any atom is 0.145 e. The average Bonchev–Trinajstić information content (AvgIpc) is 3.81. The minimum Gasteiger partial charge on any atom is -0.464 e. The van der Waals surface area contributed by atoms with Gasteiger partial charge in [-0.3, -0.25) is 0 Å². The van der Waals surface area contributed by atoms with Gasteiger partial charge in [0.2, 0.25) is 0 Å². The third-order valence-electron chi connectivity index (χ3n) is 7.22. The van der Waals surface area contributed by atoms with Gasteiger partial charge in [0, 0.05) is 10.8 Å². The van der Waals surface area contributed by atoms with E-state index in [4.69, 9.17) is 21.2 Å². The molecule has 2 nitrogen and oxygen atoms in total. The number of hydrogen-bond donors (Lipinski definition) is 0. The molecular formula is C38H22O2. The Morgan fingerprint density at radius 3 is 1.90 bits per heavy atom. The fourth-order valence-electron chi connectivity index (χ4n) is 5.51. The Kier molecular flexibility index (Phi) is 2.39. The Morgan fingerprint density at radius 2 is 1.15 bits per heavy atom. The summed E-state index contributed by atoms with van der Waals surface area (Å²) < 4.78 is 145. The van der Waals surface area contributed by atoms with Crippen LogP contribution in [0.4, 0.5) is 0 Å². The van der Waals surface area contributed by atoms with Crippen LogP contribution in [0.15, 0.2) is 142 Å². The van der Waals surface area contributed by atoms with Crippen molar-refractivity contribution in [3.8, 4) is 22.3 Å². The molecule has 0 saturated heterocycles. The number of furan rings is 2. The normalized spacial score (nSPS) is 17.2. The zero-order chi connectivity index (χ0) is 39.3. The van der Waals surface area contributed by atoms with E-state index in [2.05, 4.69) is 0 Å². The van der Waals surface area contributed by atoms with E-state index >= 15 is 0 Å². The quantitative estimate of drug-likeness (QED) is 0.210. The Balaban J connectivity index is 1.58. The molecule has 9 aromatic rings. The predicted molar refractivity (Wildman–Crippen MR) is 167 cm³/mol. The molecule has 2 aromatic heterocycles. The average molecular weight is 526 g/mol. The van der Waals surface area contributed by atoms with Crippen LogP contribution in [0.25, 0.3) is 87.5 Å². The van der Waals surface area contributed by atoms with E-state index in [1.54, 1.807) is 30.3 Å². The molecule has 2 heteroatoms. The van der Waals surface area contributed by atoms with Crippen LogP contribution < -0.4 is 0 Å². The van der Waals surface area contributed by atoms with Crippen molar-refractivity contribution in [2.45, 2.75) is 0 Å². The smallest absolute Gasteiger partial charge is 0.145 e. The monoisotopic (exact) mass is 525 g/mol. The van der Waals surface area contributed by atoms with Gasteiger partial charge in [-0.2, -0.15) is 0 Å². The molecule has 2 heterocycles. The third-order valence-corrected chi connectivity index (χ3v) is 7.22. The molecule has 0 aliphatic heterocycles. The second-order valence-electron chi connectivity index (χ2n) is 9.34. The zero-order valence-corrected chi connectivity index (χ0v) is 20.4. The van der Waals surface area contributed by atoms with Gasteiger partial charge in [0.05, 0.1) is 32.2 Å². The van der Waals surface area contributed by atoms with Crippen molar-refractivity contribution in [2.75, 3.05) is 0 Å². The molecule has 9 rings (SSSR count). The van der Waals surface area contributed by atoms with Crippen LogP contribution in [0.1, 0.15) is 20.6 Å². The highest BCUT2D eigenvalue weighted by atomic mass is 16.3. The standard InChI is InChI=1S/C38H22O2/c1-2-8-25-21-26(14-13-23(25)7-1)35-28-9-3-5-11-30(28)36(31-12-6-4-10-29(31)35)27-16-17-33-32(22-27)37-34(40-33)18-15-24-19-20-39-38(24)37/h1-22H/i1D,2D,3D,4D,5D,6D,7D,8D,9D,10D,11D,12D,13D,14D,21D. The van der Waals surface area contributed by atoms with E-state index in [1.165, 1.54) is 6.26 Å². The highest BCUT2D eigenvalue weighted by molar-refractivity contribution is 6.23. The Morgan fingerprint density at radius 1 is 0.500 bits per heavy atom. The molecule has 0 aliphatic rings. The fourth-order valence-corrected chi connectivity index (χ4v) is 5.51. The van der Waals surface area contributed by atoms with Gasteiger partial charge in [-0.1, -0.05) is 90.7 Å². The van der Waals surface area contributed by atoms with Gasteiger partial charge in [-0.25, -0.2) is 0 Å². The predicted octanol–water partition coefficient (Wildman–Crippen LogP) is 11.1. The number of rotatable bonds is 2. The molecule has 0 unspecified atom stereocenters. The first-order valence-electron chi connectivity index (χ1n) is 19.9. The number of benzene rings is 7. The minimum atomic E-state index is -0.744. The summed E-state index contributed by atoms with van der Waals surface area (Å²) in [6.45, 7) is 0. The van der Waals surface area contributed by atoms with Crippen LogP contribution in [0.5, 0.6) is 0 Å². The summed E-state index contributed by atoms with van der Waals surface area (Å²) in [6, 6.07) is 0.190. The Hall–Kier alpha value is -5.34. The van der Waals surface area contributed by atoms with Gasteiger partial charge in [0.25, 0.3) is 0 Å². The zero-order valence-electron chi connectivity index (χ0n) is 35.4. The van der Waals surface area contributed by atoms with Crippen LogP contribution in [0.2, 0.25) is 0 Å². The highest BCUT2D eigenvalue weighted by Gasteiger charge is 2.19. The van der Waals surface area contributed by atoms with Crippen LogP contribution in [-0.4, -0.2) is 0 Å². The molecule has 0 N–H and O–H groups in total. The van der Waals surface area contributed by atoms with Gasteiger partial charge >= 0.3 is 0 Å². The van der Waals surface area contributed by atoms with Crippen LogP contribution in [-0.2, 0) is 0 Å². The summed E-state index contributed by atoms with van der Waals surface area (Å²) in [5.74, 6) is 0. The summed E-state index contributed by atoms with van der Waals surface area (Å²) in [6.07, 6.45) is 1.53. The molecule has 0 amide bonds. The van der Waals surface area contributed by atoms with Crippen molar-refractivity contribution in [2.24, 2.45) is 0 Å². The second kappa shape index (κ2) is 8.08. The second-order valence-corrected chi connectivity index (χ2v) is 9.34. The van der Waals surface area contributed by atoms with E-state index in [-0.39, 0.29) is 38.2 Å². The van der Waals surface area contributed by atoms with E-state index in [9.17, 15) is 8.22 Å². The largest absolute Gasteiger partial charge is 0.464 e. The van der Waals surface area contributed by atoms with Crippen molar-refractivity contribution in [3.05, 3.63) is 133 Å². The molecule has 40 heavy (non-hydrogen) atoms. The van der Waals surface area contributed by atoms with E-state index in [0.717, 1.165) is 5.39 Å². The summed E-state index contributed by atoms with van der Waals surface area (Å²) >= 11 is 0. The SMILES string of the molecule is [2H]c1c([2H])c([2H])c2c([2H])c(-c3c4c([2H])c([2H])c([2H])c([2H])c4c(-c4ccc5oc6ccc7ccoc7c6c5c4)c4c([2H])c([2H])c([2H])c([2H])c34)c([2H])c([2H])c2c1[2H]. The minimum absolute atomic E-state index is 0.00230. The molecular weight excluding hydrogens is 488 g/mol. The lowest BCUT2D eigenvalue weighted by atomic mass is 9.85. The maximum atomic E-state index is 9.37. The number of hydrogen-bond acceptors (Lipinski definition) is 2. The summed E-state index contributed by atoms with van der Waals surface area (Å²) in [5, 5.41) is 0.0651. The lowest BCUT2D eigenvalue weighted by Crippen LogP contribution is -1.91. The van der Waals surface area contributed by atoms with E-state index in [1.807, 2.05) is 6.07 Å². The van der Waals surface area contributed by atoms with Crippen LogP contribution in [0.3, 0.4) is 0 Å². The third kappa shape index (κ3) is 2.99. The summed E-state index contributed by atoms with van der Waals surface area (Å²) in [4.78, 5) is 0. The van der Waals surface area contributed by atoms with Crippen molar-refractivity contribution in [1.29, 1.82) is 0 Å². The van der Waals surface area contributed by atoms with E-state index < -0.39 is 107 Å². The van der Waals surface area contributed by atoms with Crippen LogP contribution in [0, 0.1) is 0 Å². The maximum absolute atomic E-state index is 9.37. The lowest BCUT2D eigenvalue weighted by molar-refractivity contribution is 0.618. The molecule has 7 aromatic carbocycles. The molecule has 0 atom stereocenters. The molecule has 0 radical (unpaired) electrons. The van der Waals surface area contributed by atoms with Crippen molar-refractivity contribution in [1.82, 2.24) is 0 Å². The molecule has 0 aliphatic carbocycles. The van der Waals surface area contributed by atoms with Gasteiger partial charge in [-0.05, 0) is 90.9 Å². The number of fused-ring (bicyclic) bond motifs is 8. The molecule has 0 fully saturated rings. The van der Waals surface area contributed by atoms with Crippen molar-refractivity contribution in [3.63, 3.8) is 0 Å². The van der Waals surface area contributed by atoms with Gasteiger partial charge in [0.15, 0.2) is 0 Å². The first kappa shape index (κ1) is 11.8. The Bertz CT molecular complexity index is 3190. The topological polar surface area (TPSA) is 26.3 Å². The van der Waals surface area contributed by atoms with Crippen molar-refractivity contribution < 1.29 is 29.4 Å². The summed E-state index contributed by atoms with van der Waals surface area (Å²) in [5.41, 5.74) is 0.860. The fraction of sp³-hybridized carbons (Fsp3) is 0. The van der Waals surface area contributed by atoms with Crippen molar-refractivity contribution >= 4 is 65.2 Å². The van der Waals surface area contributed by atoms with Crippen LogP contribution >= 0.6 is 0 Å². The van der Waals surface area contributed by atoms with Gasteiger partial charge in [0.1, 0.15) is 16.7 Å². The molecule has 186 valence electrons. The highest BCUT2D eigenvalue weighted by Crippen LogP contribution is 2.45. The molecule has 0 bridgehead atoms. The first-order valence-corrected chi connectivity index (χ1v) is 12.4. The lowest BCUT2D eigenvalue weighted by Gasteiger charge is -2.18. The van der Waals surface area contributed by atoms with Gasteiger partial charge in [-0.15, -0.1) is 0 Å². The molecule has 0 spiro atoms. The molecule has 0 saturated carbocycles. The Labute approximate surface area is 250 Å².